The number of carbonyl (C=O) groups excluding carboxylic acids is 2. The Hall–Kier alpha value is -1.54. The van der Waals surface area contributed by atoms with E-state index in [-0.39, 0.29) is 17.4 Å². The summed E-state index contributed by atoms with van der Waals surface area (Å²) in [7, 11) is 1.86. The topological polar surface area (TPSA) is 70.5 Å². The maximum Gasteiger partial charge on any atom is 0.269 e. The lowest BCUT2D eigenvalue weighted by molar-refractivity contribution is -0.132. The smallest absolute Gasteiger partial charge is 0.269 e. The van der Waals surface area contributed by atoms with Gasteiger partial charge in [0.15, 0.2) is 0 Å². The Morgan fingerprint density at radius 2 is 2.00 bits per heavy atom. The number of hydrogen-bond donors (Lipinski definition) is 1. The highest BCUT2D eigenvalue weighted by molar-refractivity contribution is 7.99. The summed E-state index contributed by atoms with van der Waals surface area (Å²) in [6, 6.07) is 1.96. The number of likely N-dealkylation sites (tertiary alicyclic amines) is 1. The molecule has 0 bridgehead atoms. The molecule has 2 aliphatic carbocycles. The van der Waals surface area contributed by atoms with Crippen molar-refractivity contribution in [1.29, 1.82) is 0 Å². The zero-order chi connectivity index (χ0) is 20.0. The zero-order valence-electron chi connectivity index (χ0n) is 17.2. The second-order valence-corrected chi connectivity index (χ2v) is 10.4. The Balaban J connectivity index is 1.18. The largest absolute Gasteiger partial charge is 0.345 e. The van der Waals surface area contributed by atoms with Gasteiger partial charge in [0.2, 0.25) is 5.91 Å². The van der Waals surface area contributed by atoms with E-state index in [1.807, 2.05) is 29.8 Å². The maximum absolute atomic E-state index is 13.0. The van der Waals surface area contributed by atoms with E-state index in [4.69, 9.17) is 0 Å². The summed E-state index contributed by atoms with van der Waals surface area (Å²) in [5.41, 5.74) is 1.58. The predicted octanol–water partition coefficient (Wildman–Crippen LogP) is 1.46. The Labute approximate surface area is 176 Å². The van der Waals surface area contributed by atoms with Crippen LogP contribution in [-0.4, -0.2) is 81.2 Å². The molecule has 2 aliphatic heterocycles. The van der Waals surface area contributed by atoms with Crippen LogP contribution in [0.5, 0.6) is 0 Å². The van der Waals surface area contributed by atoms with Crippen LogP contribution in [0.15, 0.2) is 6.07 Å². The molecule has 0 radical (unpaired) electrons. The summed E-state index contributed by atoms with van der Waals surface area (Å²) in [5.74, 6) is 3.53. The first-order valence-corrected chi connectivity index (χ1v) is 12.1. The number of amides is 2. The Morgan fingerprint density at radius 1 is 1.21 bits per heavy atom. The number of aryl methyl sites for hydroxylation is 1. The molecule has 2 saturated carbocycles. The predicted molar refractivity (Wildman–Crippen MR) is 113 cm³/mol. The fourth-order valence-corrected chi connectivity index (χ4v) is 5.89. The number of nitrogens with zero attached hydrogens (tertiary/aromatic N) is 4. The molecule has 2 saturated heterocycles. The molecule has 4 aliphatic rings. The summed E-state index contributed by atoms with van der Waals surface area (Å²) >= 11 is 1.97. The van der Waals surface area contributed by atoms with Crippen LogP contribution in [0.2, 0.25) is 0 Å². The van der Waals surface area contributed by atoms with Gasteiger partial charge in [0.1, 0.15) is 5.69 Å². The van der Waals surface area contributed by atoms with Crippen molar-refractivity contribution in [3.63, 3.8) is 0 Å². The molecular weight excluding hydrogens is 386 g/mol. The third-order valence-corrected chi connectivity index (χ3v) is 8.05. The highest BCUT2D eigenvalue weighted by atomic mass is 32.2. The van der Waals surface area contributed by atoms with E-state index in [0.29, 0.717) is 24.1 Å². The van der Waals surface area contributed by atoms with Crippen LogP contribution in [0, 0.1) is 5.92 Å². The fourth-order valence-electron chi connectivity index (χ4n) is 4.91. The molecule has 3 heterocycles. The van der Waals surface area contributed by atoms with Crippen molar-refractivity contribution in [3.8, 4) is 0 Å². The van der Waals surface area contributed by atoms with Crippen molar-refractivity contribution in [2.75, 3.05) is 44.2 Å². The van der Waals surface area contributed by atoms with Crippen LogP contribution >= 0.6 is 11.8 Å². The van der Waals surface area contributed by atoms with E-state index in [1.165, 1.54) is 12.8 Å². The van der Waals surface area contributed by atoms with Gasteiger partial charge in [-0.1, -0.05) is 0 Å². The summed E-state index contributed by atoms with van der Waals surface area (Å²) in [4.78, 5) is 30.0. The van der Waals surface area contributed by atoms with Crippen LogP contribution in [0.3, 0.4) is 0 Å². The number of thioether (sulfide) groups is 1. The highest BCUT2D eigenvalue weighted by Crippen LogP contribution is 2.50. The number of aromatic nitrogens is 2. The fraction of sp³-hybridized carbons (Fsp3) is 0.762. The Kier molecular flexibility index (Phi) is 5.10. The molecule has 1 aromatic rings. The van der Waals surface area contributed by atoms with Crippen LogP contribution in [0.25, 0.3) is 0 Å². The third-order valence-electron chi connectivity index (χ3n) is 7.11. The summed E-state index contributed by atoms with van der Waals surface area (Å²) in [6.07, 6.45) is 5.25. The first-order chi connectivity index (χ1) is 14.0. The molecule has 8 heteroatoms. The van der Waals surface area contributed by atoms with Gasteiger partial charge in [0, 0.05) is 56.2 Å². The average Bonchev–Trinajstić information content (AvgIpc) is 3.60. The standard InChI is InChI=1S/C21H31N5O2S/c1-24-18(12-17(23-24)15-2-3-15)20(28)22-21-5-7-26(6-4-16(21)13-21)19(27)14-25-8-10-29-11-9-25/h12,15-16H,2-11,13-14H2,1H3,(H,22,28). The lowest BCUT2D eigenvalue weighted by Gasteiger charge is -2.29. The van der Waals surface area contributed by atoms with E-state index in [1.54, 1.807) is 4.68 Å². The van der Waals surface area contributed by atoms with Gasteiger partial charge in [0.05, 0.1) is 12.2 Å². The van der Waals surface area contributed by atoms with Crippen molar-refractivity contribution >= 4 is 23.6 Å². The summed E-state index contributed by atoms with van der Waals surface area (Å²) in [5, 5.41) is 7.86. The van der Waals surface area contributed by atoms with Crippen LogP contribution < -0.4 is 5.32 Å². The van der Waals surface area contributed by atoms with Crippen LogP contribution in [-0.2, 0) is 11.8 Å². The van der Waals surface area contributed by atoms with Crippen LogP contribution in [0.1, 0.15) is 54.2 Å². The van der Waals surface area contributed by atoms with Crippen molar-refractivity contribution in [3.05, 3.63) is 17.5 Å². The molecule has 7 nitrogen and oxygen atoms in total. The SMILES string of the molecule is Cn1nc(C2CC2)cc1C(=O)NC12CCN(C(=O)CN3CCSCC3)CCC1C2. The average molecular weight is 418 g/mol. The molecule has 4 fully saturated rings. The molecule has 158 valence electrons. The third kappa shape index (κ3) is 4.06. The lowest BCUT2D eigenvalue weighted by atomic mass is 10.1. The van der Waals surface area contributed by atoms with Gasteiger partial charge in [0.25, 0.3) is 5.91 Å². The molecule has 2 unspecified atom stereocenters. The molecule has 29 heavy (non-hydrogen) atoms. The molecule has 5 rings (SSSR count). The second kappa shape index (κ2) is 7.61. The van der Waals surface area contributed by atoms with E-state index < -0.39 is 0 Å². The molecule has 0 aromatic carbocycles. The second-order valence-electron chi connectivity index (χ2n) is 9.17. The lowest BCUT2D eigenvalue weighted by Crippen LogP contribution is -2.45. The van der Waals surface area contributed by atoms with Crippen molar-refractivity contribution in [2.24, 2.45) is 13.0 Å². The quantitative estimate of drug-likeness (QED) is 0.785. The Bertz CT molecular complexity index is 801. The monoisotopic (exact) mass is 417 g/mol. The summed E-state index contributed by atoms with van der Waals surface area (Å²) in [6.45, 7) is 4.14. The number of hydrogen-bond acceptors (Lipinski definition) is 5. The number of rotatable bonds is 5. The molecule has 0 spiro atoms. The molecule has 1 aromatic heterocycles. The minimum atomic E-state index is -0.127. The van der Waals surface area contributed by atoms with Gasteiger partial charge in [-0.3, -0.25) is 19.2 Å². The van der Waals surface area contributed by atoms with Gasteiger partial charge in [-0.15, -0.1) is 0 Å². The zero-order valence-corrected chi connectivity index (χ0v) is 18.0. The van der Waals surface area contributed by atoms with Gasteiger partial charge in [-0.2, -0.15) is 16.9 Å². The minimum Gasteiger partial charge on any atom is -0.345 e. The number of nitrogens with one attached hydrogen (secondary N) is 1. The first kappa shape index (κ1) is 19.4. The molecule has 1 N–H and O–H groups in total. The van der Waals surface area contributed by atoms with Crippen LogP contribution in [0.4, 0.5) is 0 Å². The minimum absolute atomic E-state index is 0.0139. The van der Waals surface area contributed by atoms with Gasteiger partial charge < -0.3 is 10.2 Å². The van der Waals surface area contributed by atoms with Gasteiger partial charge in [-0.25, -0.2) is 0 Å². The van der Waals surface area contributed by atoms with E-state index in [2.05, 4.69) is 15.3 Å². The maximum atomic E-state index is 13.0. The van der Waals surface area contributed by atoms with Crippen molar-refractivity contribution < 1.29 is 9.59 Å². The van der Waals surface area contributed by atoms with Gasteiger partial charge >= 0.3 is 0 Å². The van der Waals surface area contributed by atoms with E-state index in [0.717, 1.165) is 62.6 Å². The van der Waals surface area contributed by atoms with Crippen molar-refractivity contribution in [2.45, 2.75) is 43.6 Å². The molecular formula is C21H31N5O2S. The van der Waals surface area contributed by atoms with Crippen molar-refractivity contribution in [1.82, 2.24) is 24.9 Å². The number of fused-ring (bicyclic) bond motifs is 1. The molecule has 2 amide bonds. The Morgan fingerprint density at radius 3 is 2.76 bits per heavy atom. The van der Waals surface area contributed by atoms with E-state index >= 15 is 0 Å². The number of carbonyl (C=O) groups is 2. The normalized spacial score (nSPS) is 29.8. The first-order valence-electron chi connectivity index (χ1n) is 11.0. The summed E-state index contributed by atoms with van der Waals surface area (Å²) < 4.78 is 1.72. The molecule has 2 atom stereocenters. The highest BCUT2D eigenvalue weighted by Gasteiger charge is 2.56. The van der Waals surface area contributed by atoms with E-state index in [9.17, 15) is 9.59 Å². The van der Waals surface area contributed by atoms with Gasteiger partial charge in [-0.05, 0) is 44.1 Å².